The van der Waals surface area contributed by atoms with E-state index in [0.717, 1.165) is 0 Å². The number of aromatic nitrogens is 3. The van der Waals surface area contributed by atoms with Crippen molar-refractivity contribution in [2.24, 2.45) is 11.7 Å². The van der Waals surface area contributed by atoms with Gasteiger partial charge in [0.15, 0.2) is 0 Å². The van der Waals surface area contributed by atoms with E-state index in [-0.39, 0.29) is 11.7 Å². The quantitative estimate of drug-likeness (QED) is 0.645. The van der Waals surface area contributed by atoms with E-state index in [1.807, 2.05) is 13.8 Å². The third-order valence-electron chi connectivity index (χ3n) is 1.88. The second kappa shape index (κ2) is 3.53. The van der Waals surface area contributed by atoms with Gasteiger partial charge in [0.1, 0.15) is 6.33 Å². The van der Waals surface area contributed by atoms with E-state index in [0.29, 0.717) is 12.5 Å². The van der Waals surface area contributed by atoms with Gasteiger partial charge in [-0.3, -0.25) is 4.57 Å². The van der Waals surface area contributed by atoms with Gasteiger partial charge in [0.05, 0.1) is 0 Å². The van der Waals surface area contributed by atoms with Crippen LogP contribution in [0.5, 0.6) is 0 Å². The molecule has 68 valence electrons. The van der Waals surface area contributed by atoms with Gasteiger partial charge >= 0.3 is 5.69 Å². The molecule has 0 amide bonds. The van der Waals surface area contributed by atoms with Gasteiger partial charge in [0, 0.05) is 12.6 Å². The van der Waals surface area contributed by atoms with Gasteiger partial charge in [0.25, 0.3) is 0 Å². The average Bonchev–Trinajstić information content (AvgIpc) is 2.36. The Morgan fingerprint density at radius 3 is 2.83 bits per heavy atom. The number of nitrogens with two attached hydrogens (primary N) is 1. The first-order valence-corrected chi connectivity index (χ1v) is 3.96. The summed E-state index contributed by atoms with van der Waals surface area (Å²) in [5.41, 5.74) is 5.57. The fourth-order valence-electron chi connectivity index (χ4n) is 0.838. The molecular weight excluding hydrogens is 156 g/mol. The SMILES string of the molecule is CC(C)C(N)Cn1cn[nH]c1=O. The number of rotatable bonds is 3. The highest BCUT2D eigenvalue weighted by molar-refractivity contribution is 4.71. The summed E-state index contributed by atoms with van der Waals surface area (Å²) in [5.74, 6) is 0.367. The molecule has 0 aliphatic heterocycles. The van der Waals surface area contributed by atoms with Gasteiger partial charge in [-0.15, -0.1) is 0 Å². The van der Waals surface area contributed by atoms with Crippen LogP contribution in [0.15, 0.2) is 11.1 Å². The van der Waals surface area contributed by atoms with E-state index in [4.69, 9.17) is 5.73 Å². The highest BCUT2D eigenvalue weighted by atomic mass is 16.1. The number of nitrogens with one attached hydrogen (secondary N) is 1. The summed E-state index contributed by atoms with van der Waals surface area (Å²) in [4.78, 5) is 11.0. The van der Waals surface area contributed by atoms with Crippen LogP contribution in [0.3, 0.4) is 0 Å². The van der Waals surface area contributed by atoms with Crippen molar-refractivity contribution >= 4 is 0 Å². The van der Waals surface area contributed by atoms with Gasteiger partial charge in [-0.05, 0) is 5.92 Å². The second-order valence-electron chi connectivity index (χ2n) is 3.22. The van der Waals surface area contributed by atoms with Gasteiger partial charge in [-0.25, -0.2) is 9.89 Å². The molecule has 0 radical (unpaired) electrons. The first-order valence-electron chi connectivity index (χ1n) is 3.96. The van der Waals surface area contributed by atoms with Gasteiger partial charge < -0.3 is 5.73 Å². The van der Waals surface area contributed by atoms with Crippen LogP contribution in [0.2, 0.25) is 0 Å². The summed E-state index contributed by atoms with van der Waals surface area (Å²) in [6.07, 6.45) is 1.46. The first-order chi connectivity index (χ1) is 5.61. The summed E-state index contributed by atoms with van der Waals surface area (Å²) in [7, 11) is 0. The van der Waals surface area contributed by atoms with Crippen molar-refractivity contribution in [1.29, 1.82) is 0 Å². The van der Waals surface area contributed by atoms with Crippen LogP contribution in [0, 0.1) is 5.92 Å². The molecule has 0 aliphatic carbocycles. The van der Waals surface area contributed by atoms with E-state index in [9.17, 15) is 4.79 Å². The molecule has 0 fully saturated rings. The molecule has 1 aromatic rings. The zero-order valence-corrected chi connectivity index (χ0v) is 7.32. The zero-order valence-electron chi connectivity index (χ0n) is 7.32. The summed E-state index contributed by atoms with van der Waals surface area (Å²) in [5, 5.41) is 5.92. The molecule has 1 unspecified atom stereocenters. The van der Waals surface area contributed by atoms with Crippen molar-refractivity contribution in [3.63, 3.8) is 0 Å². The van der Waals surface area contributed by atoms with Crippen LogP contribution in [0.1, 0.15) is 13.8 Å². The molecule has 1 atom stereocenters. The van der Waals surface area contributed by atoms with Crippen molar-refractivity contribution in [2.75, 3.05) is 0 Å². The largest absolute Gasteiger partial charge is 0.343 e. The monoisotopic (exact) mass is 170 g/mol. The minimum atomic E-state index is -0.203. The molecule has 0 bridgehead atoms. The van der Waals surface area contributed by atoms with Crippen molar-refractivity contribution in [2.45, 2.75) is 26.4 Å². The molecule has 0 saturated carbocycles. The fourth-order valence-corrected chi connectivity index (χ4v) is 0.838. The van der Waals surface area contributed by atoms with E-state index < -0.39 is 0 Å². The number of hydrogen-bond acceptors (Lipinski definition) is 3. The topological polar surface area (TPSA) is 76.7 Å². The van der Waals surface area contributed by atoms with Gasteiger partial charge in [-0.1, -0.05) is 13.8 Å². The number of hydrogen-bond donors (Lipinski definition) is 2. The van der Waals surface area contributed by atoms with E-state index in [1.165, 1.54) is 10.9 Å². The summed E-state index contributed by atoms with van der Waals surface area (Å²) < 4.78 is 1.48. The Bertz CT molecular complexity index is 288. The molecule has 5 nitrogen and oxygen atoms in total. The Kier molecular flexibility index (Phi) is 2.65. The molecular formula is C7H14N4O. The molecule has 0 aliphatic rings. The van der Waals surface area contributed by atoms with Crippen molar-refractivity contribution in [1.82, 2.24) is 14.8 Å². The van der Waals surface area contributed by atoms with Crippen LogP contribution in [0.25, 0.3) is 0 Å². The Hall–Kier alpha value is -1.10. The summed E-state index contributed by atoms with van der Waals surface area (Å²) >= 11 is 0. The Morgan fingerprint density at radius 1 is 1.75 bits per heavy atom. The third kappa shape index (κ3) is 1.94. The van der Waals surface area contributed by atoms with E-state index >= 15 is 0 Å². The molecule has 1 rings (SSSR count). The molecule has 1 aromatic heterocycles. The van der Waals surface area contributed by atoms with E-state index in [2.05, 4.69) is 10.2 Å². The number of H-pyrrole nitrogens is 1. The lowest BCUT2D eigenvalue weighted by atomic mass is 10.1. The Morgan fingerprint density at radius 2 is 2.42 bits per heavy atom. The standard InChI is InChI=1S/C7H14N4O/c1-5(2)6(8)3-11-4-9-10-7(11)12/h4-6H,3,8H2,1-2H3,(H,10,12). The third-order valence-corrected chi connectivity index (χ3v) is 1.88. The average molecular weight is 170 g/mol. The molecule has 1 heterocycles. The molecule has 12 heavy (non-hydrogen) atoms. The predicted octanol–water partition coefficient (Wildman–Crippen LogP) is -0.445. The minimum Gasteiger partial charge on any atom is -0.326 e. The maximum Gasteiger partial charge on any atom is 0.343 e. The van der Waals surface area contributed by atoms with Crippen LogP contribution < -0.4 is 11.4 Å². The summed E-state index contributed by atoms with van der Waals surface area (Å²) in [6.45, 7) is 4.57. The smallest absolute Gasteiger partial charge is 0.326 e. The highest BCUT2D eigenvalue weighted by Gasteiger charge is 2.09. The van der Waals surface area contributed by atoms with Crippen molar-refractivity contribution in [3.05, 3.63) is 16.8 Å². The maximum absolute atomic E-state index is 11.0. The predicted molar refractivity (Wildman–Crippen MR) is 45.7 cm³/mol. The minimum absolute atomic E-state index is 0.000278. The second-order valence-corrected chi connectivity index (χ2v) is 3.22. The van der Waals surface area contributed by atoms with Crippen LogP contribution in [0.4, 0.5) is 0 Å². The first kappa shape index (κ1) is 8.99. The lowest BCUT2D eigenvalue weighted by Crippen LogP contribution is -2.34. The number of aromatic amines is 1. The fraction of sp³-hybridized carbons (Fsp3) is 0.714. The van der Waals surface area contributed by atoms with Gasteiger partial charge in [0.2, 0.25) is 0 Å². The highest BCUT2D eigenvalue weighted by Crippen LogP contribution is 1.99. The number of nitrogens with zero attached hydrogens (tertiary/aromatic N) is 2. The van der Waals surface area contributed by atoms with Crippen LogP contribution in [-0.2, 0) is 6.54 Å². The Balaban J connectivity index is 2.64. The lowest BCUT2D eigenvalue weighted by Gasteiger charge is -2.14. The van der Waals surface area contributed by atoms with Gasteiger partial charge in [-0.2, -0.15) is 5.10 Å². The van der Waals surface area contributed by atoms with Crippen molar-refractivity contribution < 1.29 is 0 Å². The zero-order chi connectivity index (χ0) is 9.14. The lowest BCUT2D eigenvalue weighted by molar-refractivity contribution is 0.428. The molecule has 0 saturated heterocycles. The van der Waals surface area contributed by atoms with Crippen molar-refractivity contribution in [3.8, 4) is 0 Å². The normalized spacial score (nSPS) is 13.7. The van der Waals surface area contributed by atoms with Crippen LogP contribution in [-0.4, -0.2) is 20.8 Å². The summed E-state index contributed by atoms with van der Waals surface area (Å²) in [6, 6.07) is 0.000278. The molecule has 0 spiro atoms. The van der Waals surface area contributed by atoms with E-state index in [1.54, 1.807) is 0 Å². The van der Waals surface area contributed by atoms with Crippen LogP contribution >= 0.6 is 0 Å². The molecule has 5 heteroatoms. The molecule has 0 aromatic carbocycles. The Labute approximate surface area is 70.6 Å². The maximum atomic E-state index is 11.0. The molecule has 3 N–H and O–H groups in total.